The Balaban J connectivity index is 1.14. The molecule has 44 heavy (non-hydrogen) atoms. The maximum atomic E-state index is 13.0. The van der Waals surface area contributed by atoms with Crippen molar-refractivity contribution >= 4 is 23.4 Å². The van der Waals surface area contributed by atoms with Gasteiger partial charge < -0.3 is 15.0 Å². The summed E-state index contributed by atoms with van der Waals surface area (Å²) in [5, 5.41) is 10.7. The third-order valence-electron chi connectivity index (χ3n) is 8.24. The predicted octanol–water partition coefficient (Wildman–Crippen LogP) is 7.15. The van der Waals surface area contributed by atoms with E-state index in [1.807, 2.05) is 78.6 Å². The average molecular weight is 594 g/mol. The molecule has 0 atom stereocenters. The molecule has 3 amide bonds. The molecular formula is C36H43N5O3. The number of para-hydroxylation sites is 1. The van der Waals surface area contributed by atoms with Crippen LogP contribution in [0.15, 0.2) is 78.9 Å². The molecule has 2 heterocycles. The van der Waals surface area contributed by atoms with Gasteiger partial charge >= 0.3 is 6.03 Å². The monoisotopic (exact) mass is 593 g/mol. The summed E-state index contributed by atoms with van der Waals surface area (Å²) in [6.45, 7) is 9.90. The molecule has 1 aliphatic rings. The molecule has 3 aromatic carbocycles. The number of urea groups is 1. The first-order valence-corrected chi connectivity index (χ1v) is 15.3. The minimum Gasteiger partial charge on any atom is -0.496 e. The summed E-state index contributed by atoms with van der Waals surface area (Å²) in [6, 6.07) is 25.4. The molecular weight excluding hydrogens is 550 g/mol. The Labute approximate surface area is 260 Å². The van der Waals surface area contributed by atoms with Crippen LogP contribution in [0.4, 0.5) is 16.3 Å². The van der Waals surface area contributed by atoms with E-state index in [1.165, 1.54) is 5.56 Å². The summed E-state index contributed by atoms with van der Waals surface area (Å²) < 4.78 is 7.19. The molecule has 0 radical (unpaired) electrons. The number of hydrogen-bond donors (Lipinski definition) is 2. The van der Waals surface area contributed by atoms with Crippen molar-refractivity contribution in [3.8, 4) is 11.4 Å². The SMILES string of the molecule is COc1ccccc1CC(=O)N1CCC(Cc2ccc(NC(=O)Nc3cc(C(C)(C)C)nn3-c3ccc(C)cc3)cc2)CC1. The van der Waals surface area contributed by atoms with Gasteiger partial charge in [-0.25, -0.2) is 9.48 Å². The zero-order valence-corrected chi connectivity index (χ0v) is 26.4. The van der Waals surface area contributed by atoms with E-state index in [4.69, 9.17) is 9.84 Å². The fraction of sp³-hybridized carbons (Fsp3) is 0.361. The molecule has 8 nitrogen and oxygen atoms in total. The Morgan fingerprint density at radius 2 is 1.61 bits per heavy atom. The van der Waals surface area contributed by atoms with Crippen LogP contribution in [0.3, 0.4) is 0 Å². The number of carbonyl (C=O) groups is 2. The van der Waals surface area contributed by atoms with Crippen LogP contribution >= 0.6 is 0 Å². The lowest BCUT2D eigenvalue weighted by Crippen LogP contribution is -2.39. The van der Waals surface area contributed by atoms with Gasteiger partial charge in [0, 0.05) is 35.8 Å². The van der Waals surface area contributed by atoms with Crippen molar-refractivity contribution in [2.24, 2.45) is 5.92 Å². The van der Waals surface area contributed by atoms with Crippen molar-refractivity contribution in [1.82, 2.24) is 14.7 Å². The summed E-state index contributed by atoms with van der Waals surface area (Å²) in [7, 11) is 1.64. The second-order valence-corrected chi connectivity index (χ2v) is 12.7. The van der Waals surface area contributed by atoms with Crippen molar-refractivity contribution in [2.75, 3.05) is 30.8 Å². The molecule has 1 fully saturated rings. The van der Waals surface area contributed by atoms with Crippen molar-refractivity contribution in [3.05, 3.63) is 101 Å². The van der Waals surface area contributed by atoms with Gasteiger partial charge in [-0.2, -0.15) is 5.10 Å². The van der Waals surface area contributed by atoms with Gasteiger partial charge in [0.25, 0.3) is 0 Å². The molecule has 0 saturated carbocycles. The van der Waals surface area contributed by atoms with Gasteiger partial charge in [0.05, 0.1) is 24.9 Å². The minimum atomic E-state index is -0.323. The quantitative estimate of drug-likeness (QED) is 0.227. The first kappa shape index (κ1) is 30.9. The fourth-order valence-corrected chi connectivity index (χ4v) is 5.57. The lowest BCUT2D eigenvalue weighted by Gasteiger charge is -2.32. The van der Waals surface area contributed by atoms with Gasteiger partial charge in [0.1, 0.15) is 11.6 Å². The number of aryl methyl sites for hydroxylation is 1. The number of benzene rings is 3. The Bertz CT molecular complexity index is 1580. The Morgan fingerprint density at radius 3 is 2.27 bits per heavy atom. The molecule has 0 unspecified atom stereocenters. The molecule has 4 aromatic rings. The van der Waals surface area contributed by atoms with E-state index in [0.29, 0.717) is 18.2 Å². The molecule has 2 N–H and O–H groups in total. The fourth-order valence-electron chi connectivity index (χ4n) is 5.57. The molecule has 5 rings (SSSR count). The van der Waals surface area contributed by atoms with Gasteiger partial charge in [0.15, 0.2) is 0 Å². The molecule has 0 spiro atoms. The third kappa shape index (κ3) is 7.67. The van der Waals surface area contributed by atoms with Gasteiger partial charge in [-0.3, -0.25) is 10.1 Å². The minimum absolute atomic E-state index is 0.151. The smallest absolute Gasteiger partial charge is 0.324 e. The molecule has 1 aliphatic heterocycles. The van der Waals surface area contributed by atoms with Crippen LogP contribution in [0.25, 0.3) is 5.69 Å². The largest absolute Gasteiger partial charge is 0.496 e. The van der Waals surface area contributed by atoms with Crippen LogP contribution in [-0.2, 0) is 23.1 Å². The highest BCUT2D eigenvalue weighted by Crippen LogP contribution is 2.27. The molecule has 0 aliphatic carbocycles. The lowest BCUT2D eigenvalue weighted by molar-refractivity contribution is -0.131. The van der Waals surface area contributed by atoms with Gasteiger partial charge in [-0.15, -0.1) is 0 Å². The average Bonchev–Trinajstić information content (AvgIpc) is 3.43. The number of nitrogens with zero attached hydrogens (tertiary/aromatic N) is 3. The van der Waals surface area contributed by atoms with E-state index < -0.39 is 0 Å². The summed E-state index contributed by atoms with van der Waals surface area (Å²) in [6.07, 6.45) is 3.27. The zero-order chi connectivity index (χ0) is 31.3. The molecule has 230 valence electrons. The van der Waals surface area contributed by atoms with E-state index in [0.717, 1.165) is 66.3 Å². The normalized spacial score (nSPS) is 13.9. The van der Waals surface area contributed by atoms with E-state index in [-0.39, 0.29) is 17.4 Å². The standard InChI is InChI=1S/C36H43N5O3/c1-25-10-16-30(17-11-25)41-33(24-32(39-41)36(2,3)4)38-35(43)37-29-14-12-26(13-15-29)22-27-18-20-40(21-19-27)34(42)23-28-8-6-7-9-31(28)44-5/h6-17,24,27H,18-23H2,1-5H3,(H2,37,38,43). The number of anilines is 2. The Kier molecular flexibility index (Phi) is 9.37. The van der Waals surface area contributed by atoms with Crippen LogP contribution in [0.2, 0.25) is 0 Å². The number of carbonyl (C=O) groups excluding carboxylic acids is 2. The molecule has 8 heteroatoms. The van der Waals surface area contributed by atoms with Crippen molar-refractivity contribution in [3.63, 3.8) is 0 Å². The molecule has 1 saturated heterocycles. The highest BCUT2D eigenvalue weighted by atomic mass is 16.5. The highest BCUT2D eigenvalue weighted by Gasteiger charge is 2.24. The number of methoxy groups -OCH3 is 1. The summed E-state index contributed by atoms with van der Waals surface area (Å²) >= 11 is 0. The van der Waals surface area contributed by atoms with E-state index in [2.05, 4.69) is 43.5 Å². The van der Waals surface area contributed by atoms with E-state index in [9.17, 15) is 9.59 Å². The molecule has 0 bridgehead atoms. The summed E-state index contributed by atoms with van der Waals surface area (Å²) in [4.78, 5) is 27.9. The Hall–Kier alpha value is -4.59. The summed E-state index contributed by atoms with van der Waals surface area (Å²) in [5.41, 5.74) is 5.65. The van der Waals surface area contributed by atoms with Gasteiger partial charge in [-0.1, -0.05) is 68.8 Å². The number of ether oxygens (including phenoxy) is 1. The number of piperidine rings is 1. The van der Waals surface area contributed by atoms with Crippen molar-refractivity contribution < 1.29 is 14.3 Å². The third-order valence-corrected chi connectivity index (χ3v) is 8.24. The van der Waals surface area contributed by atoms with Crippen molar-refractivity contribution in [1.29, 1.82) is 0 Å². The Morgan fingerprint density at radius 1 is 0.932 bits per heavy atom. The maximum Gasteiger partial charge on any atom is 0.324 e. The van der Waals surface area contributed by atoms with Crippen LogP contribution in [0.1, 0.15) is 56.0 Å². The van der Waals surface area contributed by atoms with Crippen LogP contribution in [-0.4, -0.2) is 46.8 Å². The number of aromatic nitrogens is 2. The van der Waals surface area contributed by atoms with Crippen LogP contribution in [0.5, 0.6) is 5.75 Å². The first-order valence-electron chi connectivity index (χ1n) is 15.3. The van der Waals surface area contributed by atoms with Crippen LogP contribution < -0.4 is 15.4 Å². The maximum absolute atomic E-state index is 13.0. The van der Waals surface area contributed by atoms with Crippen molar-refractivity contribution in [2.45, 2.75) is 58.8 Å². The number of nitrogens with one attached hydrogen (secondary N) is 2. The second-order valence-electron chi connectivity index (χ2n) is 12.7. The predicted molar refractivity (Wildman–Crippen MR) is 176 cm³/mol. The summed E-state index contributed by atoms with van der Waals surface area (Å²) in [5.74, 6) is 2.04. The number of likely N-dealkylation sites (tertiary alicyclic amines) is 1. The topological polar surface area (TPSA) is 88.5 Å². The van der Waals surface area contributed by atoms with Crippen LogP contribution in [0, 0.1) is 12.8 Å². The number of hydrogen-bond acceptors (Lipinski definition) is 4. The lowest BCUT2D eigenvalue weighted by atomic mass is 9.90. The van der Waals surface area contributed by atoms with Gasteiger partial charge in [-0.05, 0) is 68.0 Å². The second kappa shape index (κ2) is 13.4. The van der Waals surface area contributed by atoms with Gasteiger partial charge in [0.2, 0.25) is 5.91 Å². The van der Waals surface area contributed by atoms with E-state index >= 15 is 0 Å². The molecule has 1 aromatic heterocycles. The first-order chi connectivity index (χ1) is 21.1. The zero-order valence-electron chi connectivity index (χ0n) is 26.4. The highest BCUT2D eigenvalue weighted by molar-refractivity contribution is 5.99. The van der Waals surface area contributed by atoms with E-state index in [1.54, 1.807) is 11.8 Å². The number of amides is 3. The number of rotatable bonds is 8.